The second-order valence-electron chi connectivity index (χ2n) is 4.23. The molecule has 4 heteroatoms. The molecule has 92 valence electrons. The summed E-state index contributed by atoms with van der Waals surface area (Å²) in [6, 6.07) is 0. The molecule has 0 radical (unpaired) electrons. The van der Waals surface area contributed by atoms with Crippen LogP contribution in [0.3, 0.4) is 0 Å². The van der Waals surface area contributed by atoms with Crippen LogP contribution in [0.25, 0.3) is 0 Å². The quantitative estimate of drug-likeness (QED) is 0.548. The molecule has 1 heterocycles. The largest absolute Gasteiger partial charge is 0.460 e. The predicted molar refractivity (Wildman–Crippen MR) is 61.1 cm³/mol. The Balaban J connectivity index is 2.44. The van der Waals surface area contributed by atoms with Crippen molar-refractivity contribution in [3.05, 3.63) is 0 Å². The number of nitrogens with one attached hydrogen (secondary N) is 1. The van der Waals surface area contributed by atoms with Crippen molar-refractivity contribution < 1.29 is 14.3 Å². The topological polar surface area (TPSA) is 55.4 Å². The fourth-order valence-electron chi connectivity index (χ4n) is 1.92. The summed E-state index contributed by atoms with van der Waals surface area (Å²) in [4.78, 5) is 23.4. The second-order valence-corrected chi connectivity index (χ2v) is 4.23. The number of carbonyl (C=O) groups excluding carboxylic acids is 2. The van der Waals surface area contributed by atoms with Crippen LogP contribution in [0.4, 0.5) is 0 Å². The van der Waals surface area contributed by atoms with E-state index in [1.54, 1.807) is 0 Å². The van der Waals surface area contributed by atoms with E-state index >= 15 is 0 Å². The predicted octanol–water partition coefficient (Wildman–Crippen LogP) is 1.29. The van der Waals surface area contributed by atoms with Crippen molar-refractivity contribution in [3.63, 3.8) is 0 Å². The summed E-state index contributed by atoms with van der Waals surface area (Å²) in [5.41, 5.74) is 0. The Morgan fingerprint density at radius 1 is 1.44 bits per heavy atom. The van der Waals surface area contributed by atoms with Gasteiger partial charge < -0.3 is 10.1 Å². The lowest BCUT2D eigenvalue weighted by Crippen LogP contribution is -2.30. The zero-order chi connectivity index (χ0) is 12.0. The number of ketones is 1. The highest BCUT2D eigenvalue weighted by molar-refractivity contribution is 5.98. The first-order chi connectivity index (χ1) is 7.69. The summed E-state index contributed by atoms with van der Waals surface area (Å²) in [5, 5.41) is 3.13. The van der Waals surface area contributed by atoms with Gasteiger partial charge in [-0.05, 0) is 25.8 Å². The van der Waals surface area contributed by atoms with E-state index in [1.807, 2.05) is 13.8 Å². The highest BCUT2D eigenvalue weighted by Gasteiger charge is 2.28. The second kappa shape index (κ2) is 6.63. The van der Waals surface area contributed by atoms with Crippen molar-refractivity contribution in [2.45, 2.75) is 45.6 Å². The Morgan fingerprint density at radius 3 is 2.69 bits per heavy atom. The lowest BCUT2D eigenvalue weighted by atomic mass is 9.98. The van der Waals surface area contributed by atoms with Gasteiger partial charge in [0, 0.05) is 13.0 Å². The molecule has 1 rings (SSSR count). The molecular weight excluding hydrogens is 206 g/mol. The highest BCUT2D eigenvalue weighted by Crippen LogP contribution is 2.14. The molecule has 1 fully saturated rings. The van der Waals surface area contributed by atoms with Gasteiger partial charge in [0.15, 0.2) is 0 Å². The van der Waals surface area contributed by atoms with Crippen molar-refractivity contribution in [1.82, 2.24) is 5.32 Å². The van der Waals surface area contributed by atoms with E-state index in [2.05, 4.69) is 5.32 Å². The summed E-state index contributed by atoms with van der Waals surface area (Å²) in [6.45, 7) is 5.39. The van der Waals surface area contributed by atoms with Gasteiger partial charge in [-0.1, -0.05) is 13.8 Å². The SMILES string of the molecule is CCCC(=O)C(CC)C(=O)O[C@H]1CCNC1. The maximum absolute atomic E-state index is 11.8. The third-order valence-corrected chi connectivity index (χ3v) is 2.88. The number of ether oxygens (including phenoxy) is 1. The van der Waals surface area contributed by atoms with Crippen LogP contribution in [0.15, 0.2) is 0 Å². The number of hydrogen-bond acceptors (Lipinski definition) is 4. The summed E-state index contributed by atoms with van der Waals surface area (Å²) in [5.74, 6) is -0.879. The molecule has 0 spiro atoms. The molecule has 0 saturated carbocycles. The number of Topliss-reactive ketones (excluding diaryl/α,β-unsaturated/α-hetero) is 1. The minimum absolute atomic E-state index is 0.0148. The smallest absolute Gasteiger partial charge is 0.316 e. The van der Waals surface area contributed by atoms with Gasteiger partial charge >= 0.3 is 5.97 Å². The lowest BCUT2D eigenvalue weighted by Gasteiger charge is -2.16. The standard InChI is InChI=1S/C12H21NO3/c1-3-5-11(14)10(4-2)12(15)16-9-6-7-13-8-9/h9-10,13H,3-8H2,1-2H3/t9-,10?/m0/s1. The number of hydrogen-bond donors (Lipinski definition) is 1. The molecule has 16 heavy (non-hydrogen) atoms. The van der Waals surface area contributed by atoms with Crippen molar-refractivity contribution in [2.75, 3.05) is 13.1 Å². The van der Waals surface area contributed by atoms with Crippen LogP contribution in [0.5, 0.6) is 0 Å². The zero-order valence-electron chi connectivity index (χ0n) is 10.1. The first kappa shape index (κ1) is 13.2. The van der Waals surface area contributed by atoms with Gasteiger partial charge in [-0.25, -0.2) is 0 Å². The van der Waals surface area contributed by atoms with E-state index in [9.17, 15) is 9.59 Å². The number of esters is 1. The van der Waals surface area contributed by atoms with Gasteiger partial charge in [0.25, 0.3) is 0 Å². The van der Waals surface area contributed by atoms with Crippen molar-refractivity contribution >= 4 is 11.8 Å². The monoisotopic (exact) mass is 227 g/mol. The summed E-state index contributed by atoms with van der Waals surface area (Å²) >= 11 is 0. The van der Waals surface area contributed by atoms with Gasteiger partial charge in [-0.3, -0.25) is 9.59 Å². The Bertz CT molecular complexity index is 247. The molecular formula is C12H21NO3. The van der Waals surface area contributed by atoms with E-state index in [-0.39, 0.29) is 17.9 Å². The maximum atomic E-state index is 11.8. The summed E-state index contributed by atoms with van der Waals surface area (Å²) in [7, 11) is 0. The maximum Gasteiger partial charge on any atom is 0.316 e. The summed E-state index contributed by atoms with van der Waals surface area (Å²) in [6.07, 6.45) is 2.60. The Hall–Kier alpha value is -0.900. The lowest BCUT2D eigenvalue weighted by molar-refractivity contribution is -0.156. The van der Waals surface area contributed by atoms with Gasteiger partial charge in [0.05, 0.1) is 0 Å². The van der Waals surface area contributed by atoms with Gasteiger partial charge in [0.2, 0.25) is 0 Å². The number of carbonyl (C=O) groups is 2. The van der Waals surface area contributed by atoms with E-state index in [1.165, 1.54) is 0 Å². The van der Waals surface area contributed by atoms with E-state index in [0.717, 1.165) is 19.4 Å². The third-order valence-electron chi connectivity index (χ3n) is 2.88. The van der Waals surface area contributed by atoms with Crippen LogP contribution in [0.1, 0.15) is 39.5 Å². The molecule has 0 aliphatic carbocycles. The molecule has 4 nitrogen and oxygen atoms in total. The Kier molecular flexibility index (Phi) is 5.46. The molecule has 1 aliphatic heterocycles. The molecule has 0 aromatic rings. The third kappa shape index (κ3) is 3.59. The fourth-order valence-corrected chi connectivity index (χ4v) is 1.92. The average molecular weight is 227 g/mol. The first-order valence-corrected chi connectivity index (χ1v) is 6.13. The van der Waals surface area contributed by atoms with Gasteiger partial charge in [-0.15, -0.1) is 0 Å². The highest BCUT2D eigenvalue weighted by atomic mass is 16.5. The van der Waals surface area contributed by atoms with Gasteiger partial charge in [0.1, 0.15) is 17.8 Å². The zero-order valence-corrected chi connectivity index (χ0v) is 10.1. The fraction of sp³-hybridized carbons (Fsp3) is 0.833. The Morgan fingerprint density at radius 2 is 2.19 bits per heavy atom. The van der Waals surface area contributed by atoms with E-state index in [0.29, 0.717) is 19.4 Å². The molecule has 1 aliphatic rings. The van der Waals surface area contributed by atoms with Crippen LogP contribution < -0.4 is 5.32 Å². The van der Waals surface area contributed by atoms with Crippen LogP contribution in [-0.2, 0) is 14.3 Å². The number of rotatable bonds is 6. The van der Waals surface area contributed by atoms with Crippen LogP contribution >= 0.6 is 0 Å². The molecule has 1 N–H and O–H groups in total. The molecule has 0 aromatic carbocycles. The first-order valence-electron chi connectivity index (χ1n) is 6.13. The summed E-state index contributed by atoms with van der Waals surface area (Å²) < 4.78 is 5.31. The minimum Gasteiger partial charge on any atom is -0.460 e. The Labute approximate surface area is 96.7 Å². The van der Waals surface area contributed by atoms with Crippen LogP contribution in [-0.4, -0.2) is 30.9 Å². The molecule has 0 amide bonds. The minimum atomic E-state index is -0.555. The molecule has 1 saturated heterocycles. The molecule has 0 aromatic heterocycles. The normalized spacial score (nSPS) is 21.8. The van der Waals surface area contributed by atoms with Crippen molar-refractivity contribution in [1.29, 1.82) is 0 Å². The van der Waals surface area contributed by atoms with E-state index in [4.69, 9.17) is 4.74 Å². The van der Waals surface area contributed by atoms with Gasteiger partial charge in [-0.2, -0.15) is 0 Å². The van der Waals surface area contributed by atoms with Crippen molar-refractivity contribution in [3.8, 4) is 0 Å². The molecule has 1 unspecified atom stereocenters. The van der Waals surface area contributed by atoms with Crippen LogP contribution in [0, 0.1) is 5.92 Å². The molecule has 0 bridgehead atoms. The van der Waals surface area contributed by atoms with Crippen molar-refractivity contribution in [2.24, 2.45) is 5.92 Å². The van der Waals surface area contributed by atoms with E-state index < -0.39 is 5.92 Å². The average Bonchev–Trinajstić information content (AvgIpc) is 2.71. The molecule has 2 atom stereocenters. The van der Waals surface area contributed by atoms with Crippen LogP contribution in [0.2, 0.25) is 0 Å².